The van der Waals surface area contributed by atoms with Crippen LogP contribution in [0, 0.1) is 5.92 Å². The second-order valence-electron chi connectivity index (χ2n) is 5.76. The average Bonchev–Trinajstić information content (AvgIpc) is 2.46. The Hall–Kier alpha value is -1.02. The van der Waals surface area contributed by atoms with Gasteiger partial charge in [-0.15, -0.1) is 0 Å². The van der Waals surface area contributed by atoms with E-state index in [1.165, 1.54) is 31.2 Å². The van der Waals surface area contributed by atoms with E-state index < -0.39 is 0 Å². The summed E-state index contributed by atoms with van der Waals surface area (Å²) in [5.74, 6) is 1.92. The molecule has 0 aromatic heterocycles. The molecule has 1 aliphatic carbocycles. The Kier molecular flexibility index (Phi) is 5.71. The first-order valence-electron chi connectivity index (χ1n) is 7.73. The summed E-state index contributed by atoms with van der Waals surface area (Å²) >= 11 is 0. The fraction of sp³-hybridized carbons (Fsp3) is 0.647. The van der Waals surface area contributed by atoms with E-state index in [9.17, 15) is 0 Å². The molecule has 0 radical (unpaired) electrons. The van der Waals surface area contributed by atoms with E-state index in [1.54, 1.807) is 0 Å². The van der Waals surface area contributed by atoms with Gasteiger partial charge in [0.25, 0.3) is 0 Å². The van der Waals surface area contributed by atoms with Gasteiger partial charge in [0, 0.05) is 12.6 Å². The van der Waals surface area contributed by atoms with Crippen molar-refractivity contribution < 1.29 is 4.74 Å². The Balaban J connectivity index is 1.63. The summed E-state index contributed by atoms with van der Waals surface area (Å²) in [5, 5.41) is 3.62. The van der Waals surface area contributed by atoms with Crippen molar-refractivity contribution in [3.05, 3.63) is 29.8 Å². The highest BCUT2D eigenvalue weighted by Crippen LogP contribution is 2.23. The van der Waals surface area contributed by atoms with E-state index >= 15 is 0 Å². The molecule has 1 aromatic rings. The fourth-order valence-electron chi connectivity index (χ4n) is 2.75. The molecule has 0 bridgehead atoms. The van der Waals surface area contributed by atoms with Crippen molar-refractivity contribution in [1.82, 2.24) is 5.32 Å². The summed E-state index contributed by atoms with van der Waals surface area (Å²) in [4.78, 5) is 0. The minimum Gasteiger partial charge on any atom is -0.492 e. The Bertz CT molecular complexity index is 369. The molecule has 0 aliphatic heterocycles. The average molecular weight is 261 g/mol. The zero-order valence-corrected chi connectivity index (χ0v) is 12.3. The summed E-state index contributed by atoms with van der Waals surface area (Å²) in [5.41, 5.74) is 1.34. The first-order chi connectivity index (χ1) is 9.28. The smallest absolute Gasteiger partial charge is 0.119 e. The third kappa shape index (κ3) is 4.87. The Morgan fingerprint density at radius 2 is 2.00 bits per heavy atom. The molecule has 2 heteroatoms. The van der Waals surface area contributed by atoms with Gasteiger partial charge in [-0.05, 0) is 55.7 Å². The zero-order chi connectivity index (χ0) is 13.5. The highest BCUT2D eigenvalue weighted by Gasteiger charge is 2.17. The second kappa shape index (κ2) is 7.54. The summed E-state index contributed by atoms with van der Waals surface area (Å²) in [6, 6.07) is 9.11. The summed E-state index contributed by atoms with van der Waals surface area (Å²) in [7, 11) is 0. The predicted molar refractivity (Wildman–Crippen MR) is 80.7 cm³/mol. The molecule has 2 rings (SSSR count). The quantitative estimate of drug-likeness (QED) is 0.787. The van der Waals surface area contributed by atoms with Gasteiger partial charge in [-0.2, -0.15) is 0 Å². The van der Waals surface area contributed by atoms with Gasteiger partial charge < -0.3 is 10.1 Å². The molecule has 0 unspecified atom stereocenters. The molecule has 1 aliphatic rings. The fourth-order valence-corrected chi connectivity index (χ4v) is 2.75. The van der Waals surface area contributed by atoms with Crippen LogP contribution < -0.4 is 10.1 Å². The normalized spacial score (nSPS) is 23.3. The predicted octanol–water partition coefficient (Wildman–Crippen LogP) is 3.80. The van der Waals surface area contributed by atoms with E-state index in [2.05, 4.69) is 37.4 Å². The van der Waals surface area contributed by atoms with Gasteiger partial charge in [0.15, 0.2) is 0 Å². The van der Waals surface area contributed by atoms with Crippen molar-refractivity contribution in [2.45, 2.75) is 52.0 Å². The largest absolute Gasteiger partial charge is 0.492 e. The van der Waals surface area contributed by atoms with Gasteiger partial charge in [0.2, 0.25) is 0 Å². The Morgan fingerprint density at radius 1 is 1.21 bits per heavy atom. The molecule has 0 saturated heterocycles. The monoisotopic (exact) mass is 261 g/mol. The summed E-state index contributed by atoms with van der Waals surface area (Å²) < 4.78 is 5.80. The summed E-state index contributed by atoms with van der Waals surface area (Å²) in [6.45, 7) is 6.25. The van der Waals surface area contributed by atoms with Crippen molar-refractivity contribution in [3.8, 4) is 5.75 Å². The second-order valence-corrected chi connectivity index (χ2v) is 5.76. The van der Waals surface area contributed by atoms with Crippen LogP contribution in [-0.4, -0.2) is 19.2 Å². The zero-order valence-electron chi connectivity index (χ0n) is 12.3. The first kappa shape index (κ1) is 14.4. The van der Waals surface area contributed by atoms with E-state index in [0.29, 0.717) is 6.04 Å². The van der Waals surface area contributed by atoms with Gasteiger partial charge >= 0.3 is 0 Å². The maximum absolute atomic E-state index is 5.80. The lowest BCUT2D eigenvalue weighted by atomic mass is 9.87. The summed E-state index contributed by atoms with van der Waals surface area (Å²) in [6.07, 6.45) is 6.46. The lowest BCUT2D eigenvalue weighted by molar-refractivity contribution is 0.270. The van der Waals surface area contributed by atoms with Crippen molar-refractivity contribution in [2.24, 2.45) is 5.92 Å². The molecule has 106 valence electrons. The Morgan fingerprint density at radius 3 is 2.74 bits per heavy atom. The minimum absolute atomic E-state index is 0.710. The lowest BCUT2D eigenvalue weighted by Gasteiger charge is -2.27. The van der Waals surface area contributed by atoms with Gasteiger partial charge in [-0.3, -0.25) is 0 Å². The van der Waals surface area contributed by atoms with Crippen LogP contribution >= 0.6 is 0 Å². The molecular formula is C17H27NO. The number of benzene rings is 1. The maximum atomic E-state index is 5.80. The number of ether oxygens (including phenoxy) is 1. The standard InChI is InChI=1S/C17H27NO/c1-3-15-5-4-6-17(13-15)19-12-11-18-16-9-7-14(2)8-10-16/h4-6,13-14,16,18H,3,7-12H2,1-2H3. The number of rotatable bonds is 6. The van der Waals surface area contributed by atoms with E-state index in [0.717, 1.165) is 31.2 Å². The van der Waals surface area contributed by atoms with Crippen LogP contribution in [0.15, 0.2) is 24.3 Å². The minimum atomic E-state index is 0.710. The molecule has 0 heterocycles. The highest BCUT2D eigenvalue weighted by molar-refractivity contribution is 5.28. The molecule has 0 amide bonds. The molecule has 1 fully saturated rings. The first-order valence-corrected chi connectivity index (χ1v) is 7.73. The van der Waals surface area contributed by atoms with Crippen molar-refractivity contribution in [1.29, 1.82) is 0 Å². The third-order valence-electron chi connectivity index (χ3n) is 4.13. The van der Waals surface area contributed by atoms with Crippen molar-refractivity contribution in [3.63, 3.8) is 0 Å². The molecule has 1 N–H and O–H groups in total. The van der Waals surface area contributed by atoms with Crippen LogP contribution in [0.4, 0.5) is 0 Å². The lowest BCUT2D eigenvalue weighted by Crippen LogP contribution is -2.35. The van der Waals surface area contributed by atoms with Gasteiger partial charge in [-0.1, -0.05) is 26.0 Å². The number of hydrogen-bond donors (Lipinski definition) is 1. The van der Waals surface area contributed by atoms with E-state index in [1.807, 2.05) is 6.07 Å². The molecule has 1 aromatic carbocycles. The Labute approximate surface area is 117 Å². The van der Waals surface area contributed by atoms with Crippen LogP contribution in [0.5, 0.6) is 5.75 Å². The molecule has 19 heavy (non-hydrogen) atoms. The molecular weight excluding hydrogens is 234 g/mol. The topological polar surface area (TPSA) is 21.3 Å². The van der Waals surface area contributed by atoms with E-state index in [4.69, 9.17) is 4.74 Å². The SMILES string of the molecule is CCc1cccc(OCCNC2CCC(C)CC2)c1. The third-order valence-corrected chi connectivity index (χ3v) is 4.13. The van der Waals surface area contributed by atoms with Gasteiger partial charge in [0.05, 0.1) is 0 Å². The van der Waals surface area contributed by atoms with Gasteiger partial charge in [0.1, 0.15) is 12.4 Å². The van der Waals surface area contributed by atoms with Crippen LogP contribution in [-0.2, 0) is 6.42 Å². The van der Waals surface area contributed by atoms with Crippen LogP contribution in [0.1, 0.15) is 45.1 Å². The van der Waals surface area contributed by atoms with Crippen LogP contribution in [0.25, 0.3) is 0 Å². The number of nitrogens with one attached hydrogen (secondary N) is 1. The van der Waals surface area contributed by atoms with Crippen LogP contribution in [0.3, 0.4) is 0 Å². The molecule has 2 nitrogen and oxygen atoms in total. The molecule has 0 spiro atoms. The van der Waals surface area contributed by atoms with E-state index in [-0.39, 0.29) is 0 Å². The highest BCUT2D eigenvalue weighted by atomic mass is 16.5. The van der Waals surface area contributed by atoms with Gasteiger partial charge in [-0.25, -0.2) is 0 Å². The van der Waals surface area contributed by atoms with Crippen LogP contribution in [0.2, 0.25) is 0 Å². The molecule has 0 atom stereocenters. The number of hydrogen-bond acceptors (Lipinski definition) is 2. The van der Waals surface area contributed by atoms with Crippen molar-refractivity contribution in [2.75, 3.05) is 13.2 Å². The number of aryl methyl sites for hydroxylation is 1. The molecule has 1 saturated carbocycles. The van der Waals surface area contributed by atoms with Crippen molar-refractivity contribution >= 4 is 0 Å². The maximum Gasteiger partial charge on any atom is 0.119 e.